The Morgan fingerprint density at radius 2 is 1.80 bits per heavy atom. The first-order chi connectivity index (χ1) is 12.0. The molecule has 0 aliphatic carbocycles. The summed E-state index contributed by atoms with van der Waals surface area (Å²) in [5, 5.41) is 16.2. The van der Waals surface area contributed by atoms with Crippen LogP contribution in [0.1, 0.15) is 45.1 Å². The zero-order valence-electron chi connectivity index (χ0n) is 16.0. The third kappa shape index (κ3) is 6.58. The van der Waals surface area contributed by atoms with Crippen molar-refractivity contribution in [3.8, 4) is 5.75 Å². The van der Waals surface area contributed by atoms with Crippen molar-refractivity contribution in [2.75, 3.05) is 33.2 Å². The number of aryl methyl sites for hydroxylation is 1. The van der Waals surface area contributed by atoms with Crippen molar-refractivity contribution in [2.24, 2.45) is 4.99 Å². The van der Waals surface area contributed by atoms with E-state index >= 15 is 0 Å². The van der Waals surface area contributed by atoms with Gasteiger partial charge in [0.05, 0.1) is 0 Å². The van der Waals surface area contributed by atoms with Crippen LogP contribution in [0.4, 0.5) is 0 Å². The lowest BCUT2D eigenvalue weighted by Crippen LogP contribution is -2.54. The monoisotopic (exact) mass is 346 g/mol. The number of phenols is 1. The van der Waals surface area contributed by atoms with Crippen LogP contribution < -0.4 is 10.6 Å². The van der Waals surface area contributed by atoms with E-state index in [1.807, 2.05) is 19.2 Å². The van der Waals surface area contributed by atoms with Gasteiger partial charge in [0.2, 0.25) is 0 Å². The predicted octanol–water partition coefficient (Wildman–Crippen LogP) is 2.75. The van der Waals surface area contributed by atoms with E-state index < -0.39 is 0 Å². The minimum absolute atomic E-state index is 0.143. The van der Waals surface area contributed by atoms with E-state index in [4.69, 9.17) is 0 Å². The van der Waals surface area contributed by atoms with Gasteiger partial charge in [0, 0.05) is 25.7 Å². The second-order valence-corrected chi connectivity index (χ2v) is 7.48. The molecule has 5 heteroatoms. The quantitative estimate of drug-likeness (QED) is 0.404. The fraction of sp³-hybridized carbons (Fsp3) is 0.650. The number of phenolic OH excluding ortho intramolecular Hbond substituents is 1. The lowest BCUT2D eigenvalue weighted by molar-refractivity contribution is 0.0982. The number of rotatable bonds is 7. The molecule has 25 heavy (non-hydrogen) atoms. The molecule has 3 N–H and O–H groups in total. The molecule has 1 saturated heterocycles. The highest BCUT2D eigenvalue weighted by atomic mass is 16.3. The van der Waals surface area contributed by atoms with Crippen LogP contribution >= 0.6 is 0 Å². The smallest absolute Gasteiger partial charge is 0.191 e. The van der Waals surface area contributed by atoms with Crippen LogP contribution in [0.3, 0.4) is 0 Å². The molecule has 140 valence electrons. The molecular formula is C20H34N4O. The standard InChI is InChI=1S/C20H34N4O/c1-20(2,24-14-5-4-6-15-24)16-23-19(21-3)22-13-7-8-17-9-11-18(25)12-10-17/h9-12,25H,4-8,13-16H2,1-3H3,(H2,21,22,23). The summed E-state index contributed by atoms with van der Waals surface area (Å²) < 4.78 is 0. The number of benzene rings is 1. The summed E-state index contributed by atoms with van der Waals surface area (Å²) in [6.45, 7) is 8.79. The van der Waals surface area contributed by atoms with Gasteiger partial charge in [0.25, 0.3) is 0 Å². The second-order valence-electron chi connectivity index (χ2n) is 7.48. The number of hydrogen-bond donors (Lipinski definition) is 3. The minimum Gasteiger partial charge on any atom is -0.508 e. The van der Waals surface area contributed by atoms with Crippen molar-refractivity contribution >= 4 is 5.96 Å². The van der Waals surface area contributed by atoms with E-state index in [1.54, 1.807) is 12.1 Å². The van der Waals surface area contributed by atoms with E-state index in [-0.39, 0.29) is 5.54 Å². The zero-order chi connectivity index (χ0) is 18.1. The molecule has 1 fully saturated rings. The van der Waals surface area contributed by atoms with Gasteiger partial charge in [0.1, 0.15) is 5.75 Å². The Balaban J connectivity index is 1.68. The largest absolute Gasteiger partial charge is 0.508 e. The van der Waals surface area contributed by atoms with Crippen LogP contribution in [0.15, 0.2) is 29.3 Å². The molecule has 0 unspecified atom stereocenters. The van der Waals surface area contributed by atoms with Crippen molar-refractivity contribution in [3.05, 3.63) is 29.8 Å². The molecule has 0 amide bonds. The fourth-order valence-corrected chi connectivity index (χ4v) is 3.29. The molecule has 0 bridgehead atoms. The molecule has 0 radical (unpaired) electrons. The first-order valence-electron chi connectivity index (χ1n) is 9.49. The number of likely N-dealkylation sites (tertiary alicyclic amines) is 1. The normalized spacial score (nSPS) is 16.7. The molecule has 0 saturated carbocycles. The van der Waals surface area contributed by atoms with E-state index in [9.17, 15) is 5.11 Å². The average molecular weight is 347 g/mol. The first-order valence-corrected chi connectivity index (χ1v) is 9.49. The number of hydrogen-bond acceptors (Lipinski definition) is 3. The van der Waals surface area contributed by atoms with Crippen LogP contribution in [-0.2, 0) is 6.42 Å². The number of aromatic hydroxyl groups is 1. The van der Waals surface area contributed by atoms with E-state index in [2.05, 4.69) is 34.4 Å². The highest BCUT2D eigenvalue weighted by Crippen LogP contribution is 2.19. The zero-order valence-corrected chi connectivity index (χ0v) is 16.0. The first kappa shape index (κ1) is 19.6. The van der Waals surface area contributed by atoms with E-state index in [1.165, 1.54) is 37.9 Å². The number of aliphatic imine (C=N–C) groups is 1. The topological polar surface area (TPSA) is 59.9 Å². The average Bonchev–Trinajstić information content (AvgIpc) is 2.63. The Bertz CT molecular complexity index is 533. The Morgan fingerprint density at radius 3 is 2.44 bits per heavy atom. The van der Waals surface area contributed by atoms with Crippen molar-refractivity contribution < 1.29 is 5.11 Å². The molecule has 0 atom stereocenters. The Hall–Kier alpha value is -1.75. The van der Waals surface area contributed by atoms with Crippen molar-refractivity contribution in [1.82, 2.24) is 15.5 Å². The van der Waals surface area contributed by atoms with Crippen LogP contribution in [0.5, 0.6) is 5.75 Å². The molecule has 0 spiro atoms. The van der Waals surface area contributed by atoms with Crippen LogP contribution in [-0.4, -0.2) is 54.7 Å². The van der Waals surface area contributed by atoms with Crippen molar-refractivity contribution in [2.45, 2.75) is 51.5 Å². The van der Waals surface area contributed by atoms with Crippen LogP contribution in [0.25, 0.3) is 0 Å². The second kappa shape index (κ2) is 9.66. The van der Waals surface area contributed by atoms with Crippen LogP contribution in [0, 0.1) is 0 Å². The van der Waals surface area contributed by atoms with Gasteiger partial charge in [0.15, 0.2) is 5.96 Å². The predicted molar refractivity (Wildman–Crippen MR) is 105 cm³/mol. The van der Waals surface area contributed by atoms with Gasteiger partial charge < -0.3 is 15.7 Å². The van der Waals surface area contributed by atoms with Gasteiger partial charge in [-0.05, 0) is 70.3 Å². The summed E-state index contributed by atoms with van der Waals surface area (Å²) in [6.07, 6.45) is 6.01. The molecule has 2 rings (SSSR count). The highest BCUT2D eigenvalue weighted by molar-refractivity contribution is 5.79. The summed E-state index contributed by atoms with van der Waals surface area (Å²) in [6, 6.07) is 7.44. The Morgan fingerprint density at radius 1 is 1.12 bits per heavy atom. The van der Waals surface area contributed by atoms with Crippen molar-refractivity contribution in [1.29, 1.82) is 0 Å². The van der Waals surface area contributed by atoms with E-state index in [0.717, 1.165) is 31.9 Å². The Kier molecular flexibility index (Phi) is 7.56. The summed E-state index contributed by atoms with van der Waals surface area (Å²) >= 11 is 0. The summed E-state index contributed by atoms with van der Waals surface area (Å²) in [5.41, 5.74) is 1.39. The molecular weight excluding hydrogens is 312 g/mol. The summed E-state index contributed by atoms with van der Waals surface area (Å²) in [7, 11) is 1.82. The lowest BCUT2D eigenvalue weighted by atomic mass is 9.98. The molecule has 0 aromatic heterocycles. The number of piperidine rings is 1. The molecule has 1 aromatic carbocycles. The van der Waals surface area contributed by atoms with Crippen molar-refractivity contribution in [3.63, 3.8) is 0 Å². The number of nitrogens with zero attached hydrogens (tertiary/aromatic N) is 2. The van der Waals surface area contributed by atoms with Crippen LogP contribution in [0.2, 0.25) is 0 Å². The van der Waals surface area contributed by atoms with Gasteiger partial charge in [-0.25, -0.2) is 0 Å². The minimum atomic E-state index is 0.143. The van der Waals surface area contributed by atoms with E-state index in [0.29, 0.717) is 5.75 Å². The summed E-state index contributed by atoms with van der Waals surface area (Å²) in [4.78, 5) is 6.92. The molecule has 1 aliphatic rings. The highest BCUT2D eigenvalue weighted by Gasteiger charge is 2.27. The molecule has 5 nitrogen and oxygen atoms in total. The van der Waals surface area contributed by atoms with Gasteiger partial charge in [-0.3, -0.25) is 9.89 Å². The fourth-order valence-electron chi connectivity index (χ4n) is 3.29. The lowest BCUT2D eigenvalue weighted by Gasteiger charge is -2.41. The maximum Gasteiger partial charge on any atom is 0.191 e. The van der Waals surface area contributed by atoms with Gasteiger partial charge >= 0.3 is 0 Å². The molecule has 1 aliphatic heterocycles. The molecule has 1 aromatic rings. The summed E-state index contributed by atoms with van der Waals surface area (Å²) in [5.74, 6) is 1.19. The third-order valence-electron chi connectivity index (χ3n) is 5.00. The van der Waals surface area contributed by atoms with Gasteiger partial charge in [-0.15, -0.1) is 0 Å². The maximum atomic E-state index is 9.31. The van der Waals surface area contributed by atoms with Gasteiger partial charge in [-0.2, -0.15) is 0 Å². The van der Waals surface area contributed by atoms with Gasteiger partial charge in [-0.1, -0.05) is 18.6 Å². The third-order valence-corrected chi connectivity index (χ3v) is 5.00. The SMILES string of the molecule is CN=C(NCCCc1ccc(O)cc1)NCC(C)(C)N1CCCCC1. The maximum absolute atomic E-state index is 9.31. The Labute approximate surface area is 152 Å². The number of guanidine groups is 1. The number of nitrogens with one attached hydrogen (secondary N) is 2. The molecule has 1 heterocycles.